The summed E-state index contributed by atoms with van der Waals surface area (Å²) in [5, 5.41) is 3.23. The second-order valence-electron chi connectivity index (χ2n) is 3.40. The van der Waals surface area contributed by atoms with Crippen molar-refractivity contribution in [1.82, 2.24) is 9.97 Å². The molecule has 0 radical (unpaired) electrons. The van der Waals surface area contributed by atoms with Gasteiger partial charge in [0.15, 0.2) is 0 Å². The molecule has 1 rings (SSSR count). The van der Waals surface area contributed by atoms with Crippen LogP contribution in [0, 0.1) is 0 Å². The predicted octanol–water partition coefficient (Wildman–Crippen LogP) is 2.85. The van der Waals surface area contributed by atoms with E-state index in [1.54, 1.807) is 12.4 Å². The fourth-order valence-electron chi connectivity index (χ4n) is 1.21. The number of hydrogen-bond donors (Lipinski definition) is 1. The molecule has 1 aromatic heterocycles. The summed E-state index contributed by atoms with van der Waals surface area (Å²) in [6.07, 6.45) is 5.52. The first-order valence-electron chi connectivity index (χ1n) is 5.59. The molecule has 0 aliphatic heterocycles. The number of hydrogen-bond acceptors (Lipinski definition) is 4. The van der Waals surface area contributed by atoms with E-state index in [-0.39, 0.29) is 0 Å². The number of halogens is 1. The van der Waals surface area contributed by atoms with Crippen molar-refractivity contribution in [2.45, 2.75) is 31.5 Å². The van der Waals surface area contributed by atoms with Gasteiger partial charge in [-0.2, -0.15) is 4.98 Å². The van der Waals surface area contributed by atoms with Crippen molar-refractivity contribution < 1.29 is 4.74 Å². The molecule has 0 bridgehead atoms. The molecule has 1 aromatic rings. The van der Waals surface area contributed by atoms with Crippen molar-refractivity contribution in [2.75, 3.05) is 18.5 Å². The lowest BCUT2D eigenvalue weighted by atomic mass is 10.2. The Morgan fingerprint density at radius 1 is 1.44 bits per heavy atom. The van der Waals surface area contributed by atoms with Crippen LogP contribution in [0.3, 0.4) is 0 Å². The molecule has 1 atom stereocenters. The Bertz CT molecular complexity index is 309. The molecule has 0 aliphatic rings. The van der Waals surface area contributed by atoms with Gasteiger partial charge in [-0.1, -0.05) is 22.9 Å². The van der Waals surface area contributed by atoms with E-state index in [1.807, 2.05) is 6.92 Å². The number of rotatable bonds is 7. The van der Waals surface area contributed by atoms with Gasteiger partial charge in [0.05, 0.1) is 19.0 Å². The van der Waals surface area contributed by atoms with Gasteiger partial charge in [0, 0.05) is 11.4 Å². The fourth-order valence-corrected chi connectivity index (χ4v) is 1.44. The lowest BCUT2D eigenvalue weighted by Crippen LogP contribution is -2.09. The smallest absolute Gasteiger partial charge is 0.234 e. The van der Waals surface area contributed by atoms with Gasteiger partial charge in [-0.05, 0) is 19.8 Å². The van der Waals surface area contributed by atoms with Gasteiger partial charge in [0.25, 0.3) is 0 Å². The molecule has 16 heavy (non-hydrogen) atoms. The summed E-state index contributed by atoms with van der Waals surface area (Å²) >= 11 is 3.59. The molecule has 0 saturated heterocycles. The number of nitrogens with one attached hydrogen (secondary N) is 1. The second kappa shape index (κ2) is 7.44. The predicted molar refractivity (Wildman–Crippen MR) is 69.3 cm³/mol. The van der Waals surface area contributed by atoms with Crippen LogP contribution in [0.4, 0.5) is 5.82 Å². The first kappa shape index (κ1) is 13.2. The van der Waals surface area contributed by atoms with Gasteiger partial charge >= 0.3 is 0 Å². The van der Waals surface area contributed by atoms with Gasteiger partial charge in [0.1, 0.15) is 5.82 Å². The Balaban J connectivity index is 2.38. The molecular formula is C11H18BrN3O. The molecule has 0 spiro atoms. The van der Waals surface area contributed by atoms with Crippen LogP contribution in [0.15, 0.2) is 12.4 Å². The Morgan fingerprint density at radius 2 is 2.25 bits per heavy atom. The average molecular weight is 288 g/mol. The Hall–Kier alpha value is -0.840. The first-order chi connectivity index (χ1) is 7.76. The normalized spacial score (nSPS) is 12.2. The minimum absolute atomic E-state index is 0.558. The van der Waals surface area contributed by atoms with Crippen molar-refractivity contribution in [3.8, 4) is 5.88 Å². The number of alkyl halides is 1. The highest BCUT2D eigenvalue weighted by molar-refractivity contribution is 9.09. The van der Waals surface area contributed by atoms with Crippen LogP contribution >= 0.6 is 15.9 Å². The summed E-state index contributed by atoms with van der Waals surface area (Å²) in [6.45, 7) is 5.58. The average Bonchev–Trinajstić information content (AvgIpc) is 2.30. The van der Waals surface area contributed by atoms with Gasteiger partial charge in [-0.25, -0.2) is 0 Å². The van der Waals surface area contributed by atoms with Crippen LogP contribution in [-0.2, 0) is 0 Å². The van der Waals surface area contributed by atoms with Gasteiger partial charge in [-0.15, -0.1) is 0 Å². The van der Waals surface area contributed by atoms with E-state index in [0.717, 1.165) is 25.2 Å². The summed E-state index contributed by atoms with van der Waals surface area (Å²) < 4.78 is 5.27. The molecule has 1 N–H and O–H groups in total. The number of anilines is 1. The van der Waals surface area contributed by atoms with Gasteiger partial charge in [-0.3, -0.25) is 4.98 Å². The molecule has 0 aromatic carbocycles. The maximum atomic E-state index is 5.27. The quantitative estimate of drug-likeness (QED) is 0.784. The molecular weight excluding hydrogens is 270 g/mol. The van der Waals surface area contributed by atoms with Gasteiger partial charge in [0.2, 0.25) is 5.88 Å². The summed E-state index contributed by atoms with van der Waals surface area (Å²) in [7, 11) is 0. The monoisotopic (exact) mass is 287 g/mol. The largest absolute Gasteiger partial charge is 0.477 e. The molecule has 1 unspecified atom stereocenters. The zero-order valence-corrected chi connectivity index (χ0v) is 11.3. The van der Waals surface area contributed by atoms with Crippen LogP contribution < -0.4 is 10.1 Å². The molecule has 5 heteroatoms. The van der Waals surface area contributed by atoms with E-state index < -0.39 is 0 Å². The Kier molecular flexibility index (Phi) is 6.15. The van der Waals surface area contributed by atoms with Crippen molar-refractivity contribution in [1.29, 1.82) is 0 Å². The lowest BCUT2D eigenvalue weighted by molar-refractivity contribution is 0.325. The number of ether oxygens (including phenoxy) is 1. The van der Waals surface area contributed by atoms with Crippen LogP contribution in [0.2, 0.25) is 0 Å². The van der Waals surface area contributed by atoms with E-state index in [2.05, 4.69) is 38.1 Å². The summed E-state index contributed by atoms with van der Waals surface area (Å²) in [4.78, 5) is 8.89. The molecule has 0 fully saturated rings. The first-order valence-corrected chi connectivity index (χ1v) is 6.50. The molecule has 4 nitrogen and oxygen atoms in total. The summed E-state index contributed by atoms with van der Waals surface area (Å²) in [5.41, 5.74) is 0. The van der Waals surface area contributed by atoms with E-state index in [0.29, 0.717) is 17.3 Å². The van der Waals surface area contributed by atoms with Gasteiger partial charge < -0.3 is 10.1 Å². The third kappa shape index (κ3) is 4.79. The highest BCUT2D eigenvalue weighted by Crippen LogP contribution is 2.11. The fraction of sp³-hybridized carbons (Fsp3) is 0.636. The molecule has 1 heterocycles. The van der Waals surface area contributed by atoms with Crippen LogP contribution in [0.25, 0.3) is 0 Å². The van der Waals surface area contributed by atoms with Crippen LogP contribution in [0.1, 0.15) is 26.7 Å². The van der Waals surface area contributed by atoms with Crippen LogP contribution in [-0.4, -0.2) is 27.9 Å². The SMILES string of the molecule is CCOc1cncc(NCCC(Br)CC)n1. The van der Waals surface area contributed by atoms with E-state index in [9.17, 15) is 0 Å². The standard InChI is InChI=1S/C11H18BrN3O/c1-3-9(12)5-6-14-10-7-13-8-11(15-10)16-4-2/h7-9H,3-6H2,1-2H3,(H,14,15). The second-order valence-corrected chi connectivity index (χ2v) is 4.69. The van der Waals surface area contributed by atoms with Crippen LogP contribution in [0.5, 0.6) is 5.88 Å². The number of aromatic nitrogens is 2. The third-order valence-electron chi connectivity index (χ3n) is 2.11. The third-order valence-corrected chi connectivity index (χ3v) is 3.22. The highest BCUT2D eigenvalue weighted by Gasteiger charge is 2.02. The van der Waals surface area contributed by atoms with E-state index >= 15 is 0 Å². The molecule has 0 aliphatic carbocycles. The van der Waals surface area contributed by atoms with E-state index in [1.165, 1.54) is 0 Å². The molecule has 0 amide bonds. The maximum absolute atomic E-state index is 5.27. The lowest BCUT2D eigenvalue weighted by Gasteiger charge is -2.09. The van der Waals surface area contributed by atoms with Crippen molar-refractivity contribution >= 4 is 21.7 Å². The summed E-state index contributed by atoms with van der Waals surface area (Å²) in [6, 6.07) is 0. The number of nitrogens with zero attached hydrogens (tertiary/aromatic N) is 2. The maximum Gasteiger partial charge on any atom is 0.234 e. The van der Waals surface area contributed by atoms with Crippen molar-refractivity contribution in [3.05, 3.63) is 12.4 Å². The topological polar surface area (TPSA) is 47.0 Å². The summed E-state index contributed by atoms with van der Waals surface area (Å²) in [5.74, 6) is 1.33. The van der Waals surface area contributed by atoms with Crippen molar-refractivity contribution in [2.24, 2.45) is 0 Å². The Morgan fingerprint density at radius 3 is 2.94 bits per heavy atom. The minimum atomic E-state index is 0.558. The highest BCUT2D eigenvalue weighted by atomic mass is 79.9. The van der Waals surface area contributed by atoms with E-state index in [4.69, 9.17) is 4.74 Å². The van der Waals surface area contributed by atoms with Crippen molar-refractivity contribution in [3.63, 3.8) is 0 Å². The Labute approximate surface area is 105 Å². The zero-order chi connectivity index (χ0) is 11.8. The zero-order valence-electron chi connectivity index (χ0n) is 9.74. The minimum Gasteiger partial charge on any atom is -0.477 e. The molecule has 90 valence electrons. The molecule has 0 saturated carbocycles.